The van der Waals surface area contributed by atoms with Gasteiger partial charge in [0.1, 0.15) is 17.2 Å². The maximum absolute atomic E-state index is 15.8. The van der Waals surface area contributed by atoms with Gasteiger partial charge < -0.3 is 24.4 Å². The van der Waals surface area contributed by atoms with Crippen LogP contribution >= 0.6 is 9.24 Å². The van der Waals surface area contributed by atoms with Crippen molar-refractivity contribution in [2.75, 3.05) is 50.8 Å². The number of esters is 1. The van der Waals surface area contributed by atoms with Crippen molar-refractivity contribution in [3.63, 3.8) is 0 Å². The molecule has 5 unspecified atom stereocenters. The van der Waals surface area contributed by atoms with Crippen LogP contribution in [0.2, 0.25) is 0 Å². The van der Waals surface area contributed by atoms with Crippen LogP contribution in [0, 0.1) is 18.7 Å². The van der Waals surface area contributed by atoms with Crippen LogP contribution < -0.4 is 25.6 Å². The lowest BCUT2D eigenvalue weighted by molar-refractivity contribution is -0.143. The van der Waals surface area contributed by atoms with Crippen molar-refractivity contribution in [3.8, 4) is 17.1 Å². The lowest BCUT2D eigenvalue weighted by Crippen LogP contribution is -2.51. The first-order valence-corrected chi connectivity index (χ1v) is 24.4. The van der Waals surface area contributed by atoms with Crippen molar-refractivity contribution >= 4 is 48.9 Å². The summed E-state index contributed by atoms with van der Waals surface area (Å²) in [5, 5.41) is 8.41. The Morgan fingerprint density at radius 1 is 1.03 bits per heavy atom. The summed E-state index contributed by atoms with van der Waals surface area (Å²) < 4.78 is 63.5. The van der Waals surface area contributed by atoms with Gasteiger partial charge in [0.05, 0.1) is 25.3 Å². The number of anilines is 1. The third-order valence-electron chi connectivity index (χ3n) is 13.9. The summed E-state index contributed by atoms with van der Waals surface area (Å²) in [6.45, 7) is 18.0. The molecule has 2 bridgehead atoms. The number of carbonyl (C=O) groups excluding carboxylic acids is 2. The van der Waals surface area contributed by atoms with Crippen LogP contribution in [-0.2, 0) is 19.7 Å². The average Bonchev–Trinajstić information content (AvgIpc) is 3.57. The maximum atomic E-state index is 15.8. The van der Waals surface area contributed by atoms with E-state index < -0.39 is 23.5 Å². The number of piperazine rings is 1. The second-order valence-electron chi connectivity index (χ2n) is 20.2. The van der Waals surface area contributed by atoms with E-state index in [9.17, 15) is 9.59 Å². The first-order chi connectivity index (χ1) is 30.8. The second-order valence-corrected chi connectivity index (χ2v) is 20.7. The average molecular weight is 923 g/mol. The molecular formula is C50H70F3N6O5P. The van der Waals surface area contributed by atoms with Gasteiger partial charge in [-0.15, -0.1) is 9.24 Å². The number of nitrogens with one attached hydrogen (secondary N) is 2. The molecule has 0 saturated carbocycles. The first-order valence-electron chi connectivity index (χ1n) is 23.8. The monoisotopic (exact) mass is 923 g/mol. The fraction of sp³-hybridized carbons (Fsp3) is 0.640. The van der Waals surface area contributed by atoms with E-state index in [0.717, 1.165) is 109 Å². The van der Waals surface area contributed by atoms with Crippen LogP contribution in [0.3, 0.4) is 0 Å². The molecule has 2 aromatic carbocycles. The van der Waals surface area contributed by atoms with E-state index >= 15 is 13.2 Å². The SMILES string of the molecule is CCOC(=O)CCCCCCN1CC(COc2nc(N3CC4CCC(C3)N4)c3cc4c(c(P)c3n2)-c2ccc(F)c(C)c2/C(=C(\C)NC(=O)OC(C)(C)C)CCC4(C)CC)CC(F)(F)C1. The van der Waals surface area contributed by atoms with E-state index in [-0.39, 0.29) is 42.8 Å². The number of alkyl halides is 2. The molecule has 1 amide bonds. The number of alkyl carbamates (subject to hydrolysis) is 1. The van der Waals surface area contributed by atoms with E-state index in [1.54, 1.807) is 13.8 Å². The number of aromatic nitrogens is 2. The molecule has 15 heteroatoms. The third kappa shape index (κ3) is 11.4. The molecule has 3 aliphatic heterocycles. The number of hydrogen-bond acceptors (Lipinski definition) is 10. The van der Waals surface area contributed by atoms with Crippen LogP contribution in [0.1, 0.15) is 136 Å². The van der Waals surface area contributed by atoms with Crippen LogP contribution in [0.15, 0.2) is 23.9 Å². The summed E-state index contributed by atoms with van der Waals surface area (Å²) in [6, 6.07) is 6.38. The highest BCUT2D eigenvalue weighted by Crippen LogP contribution is 2.49. The summed E-state index contributed by atoms with van der Waals surface area (Å²) in [7, 11) is 2.96. The van der Waals surface area contributed by atoms with Crippen molar-refractivity contribution in [3.05, 3.63) is 46.4 Å². The van der Waals surface area contributed by atoms with Gasteiger partial charge in [0.2, 0.25) is 0 Å². The van der Waals surface area contributed by atoms with Crippen molar-refractivity contribution < 1.29 is 37.0 Å². The lowest BCUT2D eigenvalue weighted by Gasteiger charge is -2.38. The molecule has 1 aromatic heterocycles. The van der Waals surface area contributed by atoms with Gasteiger partial charge in [-0.05, 0) is 144 Å². The minimum absolute atomic E-state index is 0.0355. The predicted molar refractivity (Wildman–Crippen MR) is 255 cm³/mol. The highest BCUT2D eigenvalue weighted by molar-refractivity contribution is 7.29. The number of rotatable bonds is 14. The van der Waals surface area contributed by atoms with Gasteiger partial charge in [0.15, 0.2) is 0 Å². The zero-order valence-electron chi connectivity index (χ0n) is 39.7. The number of carbonyl (C=O) groups is 2. The number of nitrogens with zero attached hydrogens (tertiary/aromatic N) is 4. The predicted octanol–water partition coefficient (Wildman–Crippen LogP) is 9.75. The topological polar surface area (TPSA) is 118 Å². The van der Waals surface area contributed by atoms with Crippen LogP contribution in [0.4, 0.5) is 23.8 Å². The fourth-order valence-electron chi connectivity index (χ4n) is 10.5. The Morgan fingerprint density at radius 3 is 2.45 bits per heavy atom. The number of hydrogen-bond donors (Lipinski definition) is 2. The Labute approximate surface area is 385 Å². The smallest absolute Gasteiger partial charge is 0.411 e. The molecular weight excluding hydrogens is 853 g/mol. The molecule has 2 N–H and O–H groups in total. The van der Waals surface area contributed by atoms with E-state index in [4.69, 9.17) is 24.2 Å². The van der Waals surface area contributed by atoms with Crippen molar-refractivity contribution in [1.29, 1.82) is 0 Å². The van der Waals surface area contributed by atoms with Gasteiger partial charge in [-0.2, -0.15) is 9.97 Å². The summed E-state index contributed by atoms with van der Waals surface area (Å²) in [5.41, 5.74) is 5.14. The number of likely N-dealkylation sites (tertiary alicyclic amines) is 1. The molecule has 11 nitrogen and oxygen atoms in total. The number of piperidine rings is 1. The summed E-state index contributed by atoms with van der Waals surface area (Å²) in [5.74, 6) is -3.08. The van der Waals surface area contributed by atoms with E-state index in [1.165, 1.54) is 6.07 Å². The van der Waals surface area contributed by atoms with Crippen LogP contribution in [-0.4, -0.2) is 96.5 Å². The number of allylic oxidation sites excluding steroid dienone is 2. The Balaban J connectivity index is 1.26. The Bertz CT molecular complexity index is 2270. The van der Waals surface area contributed by atoms with Gasteiger partial charge in [0, 0.05) is 66.9 Å². The molecule has 3 aromatic rings. The van der Waals surface area contributed by atoms with Crippen LogP contribution in [0.25, 0.3) is 27.6 Å². The van der Waals surface area contributed by atoms with Gasteiger partial charge >= 0.3 is 18.1 Å². The molecule has 3 fully saturated rings. The van der Waals surface area contributed by atoms with Gasteiger partial charge in [-0.1, -0.05) is 32.8 Å². The quantitative estimate of drug-likeness (QED) is 0.0920. The Kier molecular flexibility index (Phi) is 15.1. The van der Waals surface area contributed by atoms with E-state index in [1.807, 2.05) is 38.7 Å². The fourth-order valence-corrected chi connectivity index (χ4v) is 11.0. The Hall–Kier alpha value is -4.00. The lowest BCUT2D eigenvalue weighted by atomic mass is 9.69. The van der Waals surface area contributed by atoms with Crippen molar-refractivity contribution in [1.82, 2.24) is 25.5 Å². The molecule has 1 aliphatic carbocycles. The number of ether oxygens (including phenoxy) is 3. The molecule has 3 saturated heterocycles. The van der Waals surface area contributed by atoms with Gasteiger partial charge in [-0.3, -0.25) is 15.0 Å². The number of halogens is 3. The standard InChI is InChI=1S/C50H70F3N6O5P/c1-9-49(8)21-20-35(31(4)54-47(61)64-48(5,6)7)41-30(3)39(51)19-18-36(41)42-38(49)23-37-43(44(42)65)56-46(57-45(37)59-26-33-16-17-34(27-59)55-33)63-28-32-24-50(52,53)29-58(25-32)22-14-12-11-13-15-40(60)62-10-2/h18-19,23,32-34,55H,9-17,20-22,24-29,65H2,1-8H3,(H,54,61)/b35-31+. The largest absolute Gasteiger partial charge is 0.466 e. The molecule has 356 valence electrons. The molecule has 5 atom stereocenters. The van der Waals surface area contributed by atoms with E-state index in [2.05, 4.69) is 44.7 Å². The molecule has 65 heavy (non-hydrogen) atoms. The molecule has 0 radical (unpaired) electrons. The van der Waals surface area contributed by atoms with Gasteiger partial charge in [0.25, 0.3) is 5.92 Å². The second kappa shape index (κ2) is 20.1. The highest BCUT2D eigenvalue weighted by atomic mass is 31.0. The number of unbranched alkanes of at least 4 members (excludes halogenated alkanes) is 3. The van der Waals surface area contributed by atoms with Crippen LogP contribution in [0.5, 0.6) is 6.01 Å². The highest BCUT2D eigenvalue weighted by Gasteiger charge is 2.41. The summed E-state index contributed by atoms with van der Waals surface area (Å²) >= 11 is 0. The number of fused-ring (bicyclic) bond motifs is 6. The zero-order valence-corrected chi connectivity index (χ0v) is 40.9. The minimum Gasteiger partial charge on any atom is -0.466 e. The number of amides is 1. The molecule has 0 spiro atoms. The number of benzene rings is 2. The van der Waals surface area contributed by atoms with Crippen molar-refractivity contribution in [2.24, 2.45) is 5.92 Å². The third-order valence-corrected chi connectivity index (χ3v) is 14.5. The maximum Gasteiger partial charge on any atom is 0.411 e. The first kappa shape index (κ1) is 48.9. The minimum atomic E-state index is -2.86. The van der Waals surface area contributed by atoms with E-state index in [0.29, 0.717) is 61.4 Å². The van der Waals surface area contributed by atoms with Crippen molar-refractivity contribution in [2.45, 2.75) is 155 Å². The zero-order chi connectivity index (χ0) is 46.8. The Morgan fingerprint density at radius 2 is 1.75 bits per heavy atom. The molecule has 4 heterocycles. The molecule has 4 aliphatic rings. The van der Waals surface area contributed by atoms with Gasteiger partial charge in [-0.25, -0.2) is 18.0 Å². The normalized spacial score (nSPS) is 23.9. The summed E-state index contributed by atoms with van der Waals surface area (Å²) in [6.07, 6.45) is 6.98. The summed E-state index contributed by atoms with van der Waals surface area (Å²) in [4.78, 5) is 39.3. The molecule has 7 rings (SSSR count).